The smallest absolute Gasteiger partial charge is 0.255 e. The Morgan fingerprint density at radius 1 is 1.27 bits per heavy atom. The first kappa shape index (κ1) is 14.2. The molecule has 1 aliphatic rings. The normalized spacial score (nSPS) is 14.9. The Bertz CT molecular complexity index is 786. The fourth-order valence-electron chi connectivity index (χ4n) is 2.44. The van der Waals surface area contributed by atoms with Gasteiger partial charge in [0.15, 0.2) is 0 Å². The van der Waals surface area contributed by atoms with Crippen LogP contribution in [0.15, 0.2) is 42.5 Å². The molecular formula is C18H16N2O2. The summed E-state index contributed by atoms with van der Waals surface area (Å²) in [7, 11) is 0. The molecule has 110 valence electrons. The van der Waals surface area contributed by atoms with E-state index in [4.69, 9.17) is 0 Å². The Hall–Kier alpha value is -2.80. The second-order valence-electron chi connectivity index (χ2n) is 5.73. The first-order chi connectivity index (χ1) is 10.5. The summed E-state index contributed by atoms with van der Waals surface area (Å²) >= 11 is 0. The third-order valence-corrected chi connectivity index (χ3v) is 4.11. The van der Waals surface area contributed by atoms with Crippen LogP contribution in [0.3, 0.4) is 0 Å². The van der Waals surface area contributed by atoms with Gasteiger partial charge < -0.3 is 10.4 Å². The maximum atomic E-state index is 12.3. The van der Waals surface area contributed by atoms with E-state index in [0.29, 0.717) is 11.3 Å². The molecule has 1 fully saturated rings. The average Bonchev–Trinajstić information content (AvgIpc) is 3.32. The number of amides is 1. The van der Waals surface area contributed by atoms with E-state index in [0.717, 1.165) is 24.0 Å². The first-order valence-electron chi connectivity index (χ1n) is 7.17. The minimum Gasteiger partial charge on any atom is -0.508 e. The van der Waals surface area contributed by atoms with E-state index >= 15 is 0 Å². The lowest BCUT2D eigenvalue weighted by atomic mass is 9.96. The molecule has 3 rings (SSSR count). The van der Waals surface area contributed by atoms with Gasteiger partial charge in [-0.25, -0.2) is 0 Å². The summed E-state index contributed by atoms with van der Waals surface area (Å²) in [5, 5.41) is 21.7. The van der Waals surface area contributed by atoms with Gasteiger partial charge in [0, 0.05) is 17.3 Å². The summed E-state index contributed by atoms with van der Waals surface area (Å²) in [4.78, 5) is 12.3. The number of phenolic OH excluding ortho intramolecular Hbond substituents is 1. The molecule has 0 aliphatic heterocycles. The van der Waals surface area contributed by atoms with E-state index in [2.05, 4.69) is 11.4 Å². The third kappa shape index (κ3) is 2.53. The topological polar surface area (TPSA) is 73.1 Å². The van der Waals surface area contributed by atoms with Crippen LogP contribution < -0.4 is 5.32 Å². The predicted molar refractivity (Wildman–Crippen MR) is 83.8 cm³/mol. The number of rotatable bonds is 3. The van der Waals surface area contributed by atoms with Crippen LogP contribution in [-0.2, 0) is 5.41 Å². The molecule has 22 heavy (non-hydrogen) atoms. The second kappa shape index (κ2) is 5.19. The van der Waals surface area contributed by atoms with E-state index in [9.17, 15) is 15.2 Å². The van der Waals surface area contributed by atoms with Crippen molar-refractivity contribution in [3.63, 3.8) is 0 Å². The lowest BCUT2D eigenvalue weighted by molar-refractivity contribution is 0.102. The van der Waals surface area contributed by atoms with Crippen molar-refractivity contribution in [1.29, 1.82) is 5.26 Å². The zero-order valence-corrected chi connectivity index (χ0v) is 12.3. The van der Waals surface area contributed by atoms with Crippen molar-refractivity contribution in [2.24, 2.45) is 0 Å². The number of nitrogens with zero attached hydrogens (tertiary/aromatic N) is 1. The van der Waals surface area contributed by atoms with Gasteiger partial charge in [-0.2, -0.15) is 5.26 Å². The van der Waals surface area contributed by atoms with E-state index in [1.54, 1.807) is 37.3 Å². The Kier molecular flexibility index (Phi) is 3.34. The molecule has 2 N–H and O–H groups in total. The molecule has 0 bridgehead atoms. The SMILES string of the molecule is Cc1ccc(NC(=O)c2cccc(C3(C#N)CC3)c2)cc1O. The average molecular weight is 292 g/mol. The van der Waals surface area contributed by atoms with Gasteiger partial charge in [0.05, 0.1) is 11.5 Å². The minimum absolute atomic E-state index is 0.146. The van der Waals surface area contributed by atoms with Crippen molar-refractivity contribution in [3.05, 3.63) is 59.2 Å². The molecular weight excluding hydrogens is 276 g/mol. The maximum Gasteiger partial charge on any atom is 0.255 e. The third-order valence-electron chi connectivity index (χ3n) is 4.11. The van der Waals surface area contributed by atoms with Crippen LogP contribution >= 0.6 is 0 Å². The highest BCUT2D eigenvalue weighted by Crippen LogP contribution is 2.47. The standard InChI is InChI=1S/C18H16N2O2/c1-12-5-6-15(10-16(12)21)20-17(22)13-3-2-4-14(9-13)18(11-19)7-8-18/h2-6,9-10,21H,7-8H2,1H3,(H,20,22). The molecule has 0 unspecified atom stereocenters. The summed E-state index contributed by atoms with van der Waals surface area (Å²) in [5.74, 6) is -0.105. The van der Waals surface area contributed by atoms with Crippen molar-refractivity contribution in [3.8, 4) is 11.8 Å². The number of carbonyl (C=O) groups excluding carboxylic acids is 1. The predicted octanol–water partition coefficient (Wildman–Crippen LogP) is 3.51. The zero-order chi connectivity index (χ0) is 15.7. The van der Waals surface area contributed by atoms with Gasteiger partial charge in [0.2, 0.25) is 0 Å². The van der Waals surface area contributed by atoms with E-state index in [1.165, 1.54) is 6.07 Å². The van der Waals surface area contributed by atoms with Crippen LogP contribution in [0.4, 0.5) is 5.69 Å². The number of anilines is 1. The summed E-state index contributed by atoms with van der Waals surface area (Å²) in [6.07, 6.45) is 1.70. The highest BCUT2D eigenvalue weighted by molar-refractivity contribution is 6.04. The number of carbonyl (C=O) groups is 1. The fourth-order valence-corrected chi connectivity index (χ4v) is 2.44. The minimum atomic E-state index is -0.404. The van der Waals surface area contributed by atoms with E-state index < -0.39 is 5.41 Å². The van der Waals surface area contributed by atoms with Crippen LogP contribution in [0.5, 0.6) is 5.75 Å². The molecule has 0 saturated heterocycles. The number of hydrogen-bond donors (Lipinski definition) is 2. The molecule has 4 heteroatoms. The molecule has 0 heterocycles. The molecule has 0 spiro atoms. The van der Waals surface area contributed by atoms with Gasteiger partial charge in [-0.3, -0.25) is 4.79 Å². The number of nitriles is 1. The molecule has 4 nitrogen and oxygen atoms in total. The highest BCUT2D eigenvalue weighted by atomic mass is 16.3. The van der Waals surface area contributed by atoms with Gasteiger partial charge in [-0.15, -0.1) is 0 Å². The van der Waals surface area contributed by atoms with Crippen molar-refractivity contribution < 1.29 is 9.90 Å². The summed E-state index contributed by atoms with van der Waals surface area (Å²) < 4.78 is 0. The Morgan fingerprint density at radius 2 is 2.05 bits per heavy atom. The largest absolute Gasteiger partial charge is 0.508 e. The summed E-state index contributed by atoms with van der Waals surface area (Å²) in [6, 6.07) is 14.5. The van der Waals surface area contributed by atoms with E-state index in [1.807, 2.05) is 6.07 Å². The number of benzene rings is 2. The van der Waals surface area contributed by atoms with Crippen LogP contribution in [-0.4, -0.2) is 11.0 Å². The van der Waals surface area contributed by atoms with Crippen molar-refractivity contribution >= 4 is 11.6 Å². The molecule has 2 aromatic rings. The Morgan fingerprint density at radius 3 is 2.68 bits per heavy atom. The number of aryl methyl sites for hydroxylation is 1. The van der Waals surface area contributed by atoms with Crippen molar-refractivity contribution in [2.45, 2.75) is 25.2 Å². The molecule has 0 atom stereocenters. The quantitative estimate of drug-likeness (QED) is 0.909. The fraction of sp³-hybridized carbons (Fsp3) is 0.222. The van der Waals surface area contributed by atoms with Gasteiger partial charge in [-0.1, -0.05) is 18.2 Å². The molecule has 1 aliphatic carbocycles. The first-order valence-corrected chi connectivity index (χ1v) is 7.17. The number of hydrogen-bond acceptors (Lipinski definition) is 3. The summed E-state index contributed by atoms with van der Waals surface area (Å²) in [5.41, 5.74) is 2.30. The van der Waals surface area contributed by atoms with Gasteiger partial charge in [0.1, 0.15) is 5.75 Å². The number of phenols is 1. The van der Waals surface area contributed by atoms with Crippen molar-refractivity contribution in [1.82, 2.24) is 0 Å². The zero-order valence-electron chi connectivity index (χ0n) is 12.3. The molecule has 1 amide bonds. The highest BCUT2D eigenvalue weighted by Gasteiger charge is 2.44. The molecule has 1 saturated carbocycles. The Balaban J connectivity index is 1.82. The molecule has 0 aromatic heterocycles. The number of nitrogens with one attached hydrogen (secondary N) is 1. The van der Waals surface area contributed by atoms with Crippen LogP contribution in [0.1, 0.15) is 34.3 Å². The maximum absolute atomic E-state index is 12.3. The Labute approximate surface area is 129 Å². The number of aromatic hydroxyl groups is 1. The lowest BCUT2D eigenvalue weighted by Gasteiger charge is -2.10. The van der Waals surface area contributed by atoms with E-state index in [-0.39, 0.29) is 11.7 Å². The van der Waals surface area contributed by atoms with Crippen molar-refractivity contribution in [2.75, 3.05) is 5.32 Å². The van der Waals surface area contributed by atoms with Crippen LogP contribution in [0.2, 0.25) is 0 Å². The van der Waals surface area contributed by atoms with Gasteiger partial charge in [0.25, 0.3) is 5.91 Å². The molecule has 2 aromatic carbocycles. The summed E-state index contributed by atoms with van der Waals surface area (Å²) in [6.45, 7) is 1.79. The second-order valence-corrected chi connectivity index (χ2v) is 5.73. The monoisotopic (exact) mass is 292 g/mol. The van der Waals surface area contributed by atoms with Gasteiger partial charge >= 0.3 is 0 Å². The molecule has 0 radical (unpaired) electrons. The van der Waals surface area contributed by atoms with Crippen LogP contribution in [0, 0.1) is 18.3 Å². The van der Waals surface area contributed by atoms with Gasteiger partial charge in [-0.05, 0) is 49.1 Å². The van der Waals surface area contributed by atoms with Crippen LogP contribution in [0.25, 0.3) is 0 Å². The lowest BCUT2D eigenvalue weighted by Crippen LogP contribution is -2.13.